The van der Waals surface area contributed by atoms with Crippen LogP contribution in [-0.2, 0) is 16.4 Å². The van der Waals surface area contributed by atoms with E-state index in [1.54, 1.807) is 22.9 Å². The van der Waals surface area contributed by atoms with Crippen molar-refractivity contribution in [2.24, 2.45) is 0 Å². The monoisotopic (exact) mass is 521 g/mol. The van der Waals surface area contributed by atoms with E-state index < -0.39 is 27.3 Å². The van der Waals surface area contributed by atoms with Crippen LogP contribution < -0.4 is 9.46 Å². The third-order valence-corrected chi connectivity index (χ3v) is 6.03. The summed E-state index contributed by atoms with van der Waals surface area (Å²) in [6.07, 6.45) is 1.52. The van der Waals surface area contributed by atoms with Gasteiger partial charge in [-0.25, -0.2) is 22.2 Å². The molecule has 3 aromatic carbocycles. The van der Waals surface area contributed by atoms with Crippen LogP contribution in [0.5, 0.6) is 5.75 Å². The highest BCUT2D eigenvalue weighted by Crippen LogP contribution is 2.32. The largest absolute Gasteiger partial charge is 0.493 e. The average Bonchev–Trinajstić information content (AvgIpc) is 3.10. The number of hydrogen-bond acceptors (Lipinski definition) is 5. The second kappa shape index (κ2) is 9.61. The predicted molar refractivity (Wildman–Crippen MR) is 129 cm³/mol. The molecule has 176 valence electrons. The number of carbonyl (C=O) groups is 1. The van der Waals surface area contributed by atoms with Crippen molar-refractivity contribution >= 4 is 50.0 Å². The number of ether oxygens (including phenoxy) is 1. The van der Waals surface area contributed by atoms with Crippen molar-refractivity contribution in [2.75, 3.05) is 12.9 Å². The van der Waals surface area contributed by atoms with Gasteiger partial charge >= 0.3 is 0 Å². The maximum Gasteiger partial charge on any atom is 0.267 e. The molecule has 7 nitrogen and oxygen atoms in total. The van der Waals surface area contributed by atoms with Crippen LogP contribution in [0.4, 0.5) is 4.39 Å². The number of sulfonamides is 1. The molecular formula is C23H18Cl2FN3O4S. The van der Waals surface area contributed by atoms with E-state index in [0.29, 0.717) is 23.3 Å². The second-order valence-corrected chi connectivity index (χ2v) is 9.97. The highest BCUT2D eigenvalue weighted by atomic mass is 35.5. The Bertz CT molecular complexity index is 1490. The molecule has 0 saturated carbocycles. The molecule has 1 amide bonds. The van der Waals surface area contributed by atoms with Crippen molar-refractivity contribution in [1.29, 1.82) is 0 Å². The molecule has 0 atom stereocenters. The second-order valence-electron chi connectivity index (χ2n) is 7.45. The van der Waals surface area contributed by atoms with Crippen LogP contribution in [0, 0.1) is 5.82 Å². The lowest BCUT2D eigenvalue weighted by molar-refractivity contribution is 0.0978. The summed E-state index contributed by atoms with van der Waals surface area (Å²) in [6.45, 7) is 0.468. The van der Waals surface area contributed by atoms with E-state index in [2.05, 4.69) is 5.10 Å². The summed E-state index contributed by atoms with van der Waals surface area (Å²) in [4.78, 5) is 12.1. The van der Waals surface area contributed by atoms with Crippen molar-refractivity contribution in [3.63, 3.8) is 0 Å². The quantitative estimate of drug-likeness (QED) is 0.377. The summed E-state index contributed by atoms with van der Waals surface area (Å²) < 4.78 is 46.1. The first kappa shape index (κ1) is 24.0. The lowest BCUT2D eigenvalue weighted by atomic mass is 10.1. The average molecular weight is 522 g/mol. The molecular weight excluding hydrogens is 504 g/mol. The molecule has 1 N–H and O–H groups in total. The number of nitrogens with zero attached hydrogens (tertiary/aromatic N) is 2. The summed E-state index contributed by atoms with van der Waals surface area (Å²) in [5.74, 6) is -1.51. The number of nitrogens with one attached hydrogen (secondary N) is 1. The van der Waals surface area contributed by atoms with E-state index in [9.17, 15) is 17.6 Å². The number of rotatable bonds is 7. The lowest BCUT2D eigenvalue weighted by Crippen LogP contribution is -2.30. The number of halogens is 3. The van der Waals surface area contributed by atoms with Crippen LogP contribution in [-0.4, -0.2) is 37.0 Å². The molecule has 0 radical (unpaired) electrons. The van der Waals surface area contributed by atoms with E-state index in [-0.39, 0.29) is 15.9 Å². The van der Waals surface area contributed by atoms with Crippen LogP contribution in [0.1, 0.15) is 15.9 Å². The Morgan fingerprint density at radius 1 is 1.12 bits per heavy atom. The zero-order chi connectivity index (χ0) is 24.5. The third-order valence-electron chi connectivity index (χ3n) is 4.90. The van der Waals surface area contributed by atoms with Crippen molar-refractivity contribution in [3.05, 3.63) is 87.8 Å². The minimum atomic E-state index is -3.87. The number of amides is 1. The Hall–Kier alpha value is -3.14. The summed E-state index contributed by atoms with van der Waals surface area (Å²) in [6, 6.07) is 17.1. The van der Waals surface area contributed by atoms with Crippen molar-refractivity contribution in [2.45, 2.75) is 6.42 Å². The minimum Gasteiger partial charge on any atom is -0.493 e. The molecule has 11 heteroatoms. The number of aromatic nitrogens is 2. The molecule has 0 fully saturated rings. The van der Waals surface area contributed by atoms with Crippen LogP contribution in [0.2, 0.25) is 10.2 Å². The van der Waals surface area contributed by atoms with Gasteiger partial charge in [0.2, 0.25) is 10.0 Å². The Labute approximate surface area is 205 Å². The molecule has 0 unspecified atom stereocenters. The van der Waals surface area contributed by atoms with Gasteiger partial charge in [-0.2, -0.15) is 5.10 Å². The first-order valence-electron chi connectivity index (χ1n) is 9.99. The fraction of sp³-hybridized carbons (Fsp3) is 0.130. The Kier molecular flexibility index (Phi) is 6.79. The Morgan fingerprint density at radius 3 is 2.56 bits per heavy atom. The molecule has 0 bridgehead atoms. The molecule has 0 spiro atoms. The molecule has 0 aliphatic carbocycles. The summed E-state index contributed by atoms with van der Waals surface area (Å²) >= 11 is 12.6. The molecule has 1 aromatic heterocycles. The summed E-state index contributed by atoms with van der Waals surface area (Å²) in [5, 5.41) is 4.94. The van der Waals surface area contributed by atoms with Gasteiger partial charge in [-0.3, -0.25) is 4.79 Å². The molecule has 0 saturated heterocycles. The van der Waals surface area contributed by atoms with Gasteiger partial charge in [0.05, 0.1) is 34.7 Å². The Balaban J connectivity index is 1.61. The molecule has 0 aliphatic rings. The summed E-state index contributed by atoms with van der Waals surface area (Å²) in [7, 11) is -3.87. The fourth-order valence-corrected chi connectivity index (χ4v) is 4.28. The standard InChI is InChI=1S/C23H18Cl2FN3O4S/c1-34(31,32)28-23(30)16-12-18(24)21(13-19(16)26)29-20-8-7-15(11-17(20)22(25)27-29)33-10-9-14-5-3-2-4-6-14/h2-8,11-13H,9-10H2,1H3,(H,28,30). The lowest BCUT2D eigenvalue weighted by Gasteiger charge is -2.10. The van der Waals surface area contributed by atoms with E-state index >= 15 is 0 Å². The summed E-state index contributed by atoms with van der Waals surface area (Å²) in [5.41, 5.74) is 1.30. The molecule has 0 aliphatic heterocycles. The smallest absolute Gasteiger partial charge is 0.267 e. The van der Waals surface area contributed by atoms with E-state index in [1.807, 2.05) is 30.3 Å². The first-order valence-corrected chi connectivity index (χ1v) is 12.6. The van der Waals surface area contributed by atoms with Crippen LogP contribution in [0.15, 0.2) is 60.7 Å². The van der Waals surface area contributed by atoms with E-state index in [1.165, 1.54) is 4.68 Å². The van der Waals surface area contributed by atoms with Crippen molar-refractivity contribution in [1.82, 2.24) is 14.5 Å². The highest BCUT2D eigenvalue weighted by molar-refractivity contribution is 7.89. The van der Waals surface area contributed by atoms with Crippen LogP contribution in [0.3, 0.4) is 0 Å². The van der Waals surface area contributed by atoms with Crippen molar-refractivity contribution < 1.29 is 22.3 Å². The van der Waals surface area contributed by atoms with Gasteiger partial charge in [-0.15, -0.1) is 0 Å². The number of carbonyl (C=O) groups excluding carboxylic acids is 1. The zero-order valence-corrected chi connectivity index (χ0v) is 20.1. The Morgan fingerprint density at radius 2 is 1.85 bits per heavy atom. The topological polar surface area (TPSA) is 90.3 Å². The van der Waals surface area contributed by atoms with Gasteiger partial charge in [0.25, 0.3) is 5.91 Å². The molecule has 34 heavy (non-hydrogen) atoms. The van der Waals surface area contributed by atoms with Gasteiger partial charge in [0.15, 0.2) is 5.15 Å². The fourth-order valence-electron chi connectivity index (χ4n) is 3.36. The predicted octanol–water partition coefficient (Wildman–Crippen LogP) is 4.78. The van der Waals surface area contributed by atoms with Crippen LogP contribution in [0.25, 0.3) is 16.6 Å². The minimum absolute atomic E-state index is 0.0238. The normalized spacial score (nSPS) is 11.5. The number of fused-ring (bicyclic) bond motifs is 1. The van der Waals surface area contributed by atoms with Crippen LogP contribution >= 0.6 is 23.2 Å². The van der Waals surface area contributed by atoms with Gasteiger partial charge in [0.1, 0.15) is 11.6 Å². The van der Waals surface area contributed by atoms with Gasteiger partial charge in [0, 0.05) is 17.9 Å². The number of benzene rings is 3. The van der Waals surface area contributed by atoms with E-state index in [4.69, 9.17) is 27.9 Å². The first-order chi connectivity index (χ1) is 16.1. The SMILES string of the molecule is CS(=O)(=O)NC(=O)c1cc(Cl)c(-n2nc(Cl)c3cc(OCCc4ccccc4)ccc32)cc1F. The maximum atomic E-state index is 14.7. The molecule has 4 aromatic rings. The van der Waals surface area contributed by atoms with Gasteiger partial charge < -0.3 is 4.74 Å². The molecule has 1 heterocycles. The van der Waals surface area contributed by atoms with E-state index in [0.717, 1.165) is 30.4 Å². The highest BCUT2D eigenvalue weighted by Gasteiger charge is 2.21. The van der Waals surface area contributed by atoms with Gasteiger partial charge in [-0.05, 0) is 29.8 Å². The maximum absolute atomic E-state index is 14.7. The number of hydrogen-bond donors (Lipinski definition) is 1. The zero-order valence-electron chi connectivity index (χ0n) is 17.8. The molecule has 4 rings (SSSR count). The van der Waals surface area contributed by atoms with Crippen molar-refractivity contribution in [3.8, 4) is 11.4 Å². The van der Waals surface area contributed by atoms with Gasteiger partial charge in [-0.1, -0.05) is 53.5 Å². The third kappa shape index (κ3) is 5.32.